The van der Waals surface area contributed by atoms with Crippen molar-refractivity contribution >= 4 is 11.1 Å². The van der Waals surface area contributed by atoms with Gasteiger partial charge in [-0.1, -0.05) is 86.6 Å². The number of allylic oxidation sites excluding steroid dienone is 1. The molecule has 0 saturated carbocycles. The fourth-order valence-electron chi connectivity index (χ4n) is 3.86. The summed E-state index contributed by atoms with van der Waals surface area (Å²) >= 11 is 0. The van der Waals surface area contributed by atoms with Crippen LogP contribution in [0, 0.1) is 6.92 Å². The average molecular weight is 429 g/mol. The number of hydrogen-bond acceptors (Lipinski definition) is 3. The molecule has 0 heterocycles. The minimum atomic E-state index is -0.389. The monoisotopic (exact) mass is 428 g/mol. The minimum absolute atomic E-state index is 0.389. The number of aliphatic hydroxyl groups is 1. The highest BCUT2D eigenvalue weighted by Crippen LogP contribution is 2.34. The molecule has 1 radical (unpaired) electrons. The lowest BCUT2D eigenvalue weighted by atomic mass is 9.88. The summed E-state index contributed by atoms with van der Waals surface area (Å²) in [4.78, 5) is 2.06. The van der Waals surface area contributed by atoms with E-state index in [-0.39, 0.29) is 6.10 Å². The molecule has 167 valence electrons. The van der Waals surface area contributed by atoms with E-state index in [2.05, 4.69) is 91.5 Å². The van der Waals surface area contributed by atoms with Crippen LogP contribution in [0.25, 0.3) is 11.1 Å². The summed E-state index contributed by atoms with van der Waals surface area (Å²) in [5.41, 5.74) is 6.23. The van der Waals surface area contributed by atoms with Crippen LogP contribution in [0.4, 0.5) is 0 Å². The first-order chi connectivity index (χ1) is 15.6. The topological polar surface area (TPSA) is 32.7 Å². The Bertz CT molecular complexity index is 965. The molecule has 3 heteroatoms. The van der Waals surface area contributed by atoms with Gasteiger partial charge in [0.05, 0.1) is 6.10 Å². The molecule has 0 aliphatic rings. The molecule has 1 atom stereocenters. The van der Waals surface area contributed by atoms with Gasteiger partial charge in [0.15, 0.2) is 0 Å². The first kappa shape index (κ1) is 23.8. The summed E-state index contributed by atoms with van der Waals surface area (Å²) in [6.45, 7) is 7.88. The minimum Gasteiger partial charge on any atom is -0.492 e. The molecule has 0 saturated heterocycles. The van der Waals surface area contributed by atoms with Gasteiger partial charge in [-0.05, 0) is 59.9 Å². The van der Waals surface area contributed by atoms with E-state index in [1.54, 1.807) is 0 Å². The van der Waals surface area contributed by atoms with Crippen LogP contribution >= 0.6 is 0 Å². The van der Waals surface area contributed by atoms with Gasteiger partial charge in [-0.15, -0.1) is 0 Å². The van der Waals surface area contributed by atoms with Crippen LogP contribution in [0.5, 0.6) is 5.75 Å². The van der Waals surface area contributed by atoms with Crippen molar-refractivity contribution < 1.29 is 9.84 Å². The Morgan fingerprint density at radius 1 is 0.875 bits per heavy atom. The van der Waals surface area contributed by atoms with Crippen molar-refractivity contribution in [2.45, 2.75) is 25.9 Å². The zero-order valence-electron chi connectivity index (χ0n) is 19.2. The Morgan fingerprint density at radius 3 is 2.00 bits per heavy atom. The summed E-state index contributed by atoms with van der Waals surface area (Å²) in [7, 11) is 1.98. The van der Waals surface area contributed by atoms with E-state index < -0.39 is 0 Å². The van der Waals surface area contributed by atoms with Gasteiger partial charge in [0.25, 0.3) is 0 Å². The zero-order chi connectivity index (χ0) is 22.8. The van der Waals surface area contributed by atoms with Crippen LogP contribution in [0.1, 0.15) is 36.5 Å². The molecule has 3 nitrogen and oxygen atoms in total. The van der Waals surface area contributed by atoms with Gasteiger partial charge in [-0.3, -0.25) is 0 Å². The van der Waals surface area contributed by atoms with Gasteiger partial charge in [0.1, 0.15) is 12.4 Å². The summed E-state index contributed by atoms with van der Waals surface area (Å²) in [5, 5.41) is 9.72. The van der Waals surface area contributed by atoms with E-state index in [4.69, 9.17) is 4.74 Å². The van der Waals surface area contributed by atoms with Crippen LogP contribution in [-0.2, 0) is 0 Å². The maximum absolute atomic E-state index is 9.72. The SMILES string of the molecule is [CH2]CC(O)CN(C)CCOc1ccc(/C(=C(/CC)c2ccccc2)c2ccccc2)cc1. The van der Waals surface area contributed by atoms with Crippen molar-refractivity contribution in [3.8, 4) is 5.75 Å². The zero-order valence-corrected chi connectivity index (χ0v) is 19.2. The van der Waals surface area contributed by atoms with E-state index in [1.165, 1.54) is 27.8 Å². The third-order valence-corrected chi connectivity index (χ3v) is 5.58. The summed E-state index contributed by atoms with van der Waals surface area (Å²) in [6, 6.07) is 29.6. The van der Waals surface area contributed by atoms with Gasteiger partial charge in [0, 0.05) is 13.1 Å². The van der Waals surface area contributed by atoms with E-state index >= 15 is 0 Å². The maximum Gasteiger partial charge on any atom is 0.119 e. The quantitative estimate of drug-likeness (QED) is 0.383. The van der Waals surface area contributed by atoms with Gasteiger partial charge < -0.3 is 14.7 Å². The largest absolute Gasteiger partial charge is 0.492 e. The lowest BCUT2D eigenvalue weighted by molar-refractivity contribution is 0.118. The van der Waals surface area contributed by atoms with E-state index in [9.17, 15) is 5.11 Å². The fraction of sp³-hybridized carbons (Fsp3) is 0.276. The second kappa shape index (κ2) is 12.2. The third-order valence-electron chi connectivity index (χ3n) is 5.58. The lowest BCUT2D eigenvalue weighted by Crippen LogP contribution is -2.32. The molecule has 1 unspecified atom stereocenters. The van der Waals surface area contributed by atoms with Crippen molar-refractivity contribution in [1.82, 2.24) is 4.90 Å². The van der Waals surface area contributed by atoms with Crippen molar-refractivity contribution in [1.29, 1.82) is 0 Å². The molecule has 0 bridgehead atoms. The Labute approximate surface area is 193 Å². The van der Waals surface area contributed by atoms with Gasteiger partial charge in [0.2, 0.25) is 0 Å². The highest BCUT2D eigenvalue weighted by Gasteiger charge is 2.13. The van der Waals surface area contributed by atoms with E-state index in [0.29, 0.717) is 19.6 Å². The van der Waals surface area contributed by atoms with Crippen molar-refractivity contribution in [3.05, 3.63) is 109 Å². The summed E-state index contributed by atoms with van der Waals surface area (Å²) in [5.74, 6) is 0.852. The molecular weight excluding hydrogens is 394 g/mol. The molecule has 0 aliphatic carbocycles. The first-order valence-electron chi connectivity index (χ1n) is 11.4. The molecule has 0 amide bonds. The molecular formula is C29H34NO2. The van der Waals surface area contributed by atoms with Crippen molar-refractivity contribution in [2.24, 2.45) is 0 Å². The number of hydrogen-bond donors (Lipinski definition) is 1. The Hall–Kier alpha value is -2.88. The molecule has 0 aliphatic heterocycles. The number of likely N-dealkylation sites (N-methyl/N-ethyl adjacent to an activating group) is 1. The molecule has 3 rings (SSSR count). The predicted molar refractivity (Wildman–Crippen MR) is 135 cm³/mol. The lowest BCUT2D eigenvalue weighted by Gasteiger charge is -2.20. The molecule has 0 fully saturated rings. The van der Waals surface area contributed by atoms with Crippen LogP contribution < -0.4 is 4.74 Å². The van der Waals surface area contributed by atoms with E-state index in [1.807, 2.05) is 19.2 Å². The molecule has 1 N–H and O–H groups in total. The smallest absolute Gasteiger partial charge is 0.119 e. The predicted octanol–water partition coefficient (Wildman–Crippen LogP) is 5.95. The van der Waals surface area contributed by atoms with Crippen LogP contribution in [-0.4, -0.2) is 42.9 Å². The first-order valence-corrected chi connectivity index (χ1v) is 11.4. The number of nitrogens with zero attached hydrogens (tertiary/aromatic N) is 1. The Balaban J connectivity index is 1.81. The summed E-state index contributed by atoms with van der Waals surface area (Å²) in [6.07, 6.45) is 1.07. The summed E-state index contributed by atoms with van der Waals surface area (Å²) < 4.78 is 5.95. The van der Waals surface area contributed by atoms with Crippen LogP contribution in [0.3, 0.4) is 0 Å². The van der Waals surface area contributed by atoms with Crippen molar-refractivity contribution in [2.75, 3.05) is 26.7 Å². The second-order valence-corrected chi connectivity index (χ2v) is 8.02. The van der Waals surface area contributed by atoms with Gasteiger partial charge >= 0.3 is 0 Å². The number of ether oxygens (including phenoxy) is 1. The van der Waals surface area contributed by atoms with Gasteiger partial charge in [-0.25, -0.2) is 0 Å². The normalized spacial score (nSPS) is 13.0. The highest BCUT2D eigenvalue weighted by molar-refractivity contribution is 5.98. The molecule has 32 heavy (non-hydrogen) atoms. The standard InChI is InChI=1S/C29H34NO2/c1-4-26(31)22-30(3)20-21-32-27-18-16-25(17-19-27)29(24-14-10-7-11-15-24)28(5-2)23-12-8-6-9-13-23/h6-19,26,31H,1,4-5,20-22H2,2-3H3/b29-28-. The molecule has 3 aromatic rings. The van der Waals surface area contributed by atoms with Crippen LogP contribution in [0.15, 0.2) is 84.9 Å². The highest BCUT2D eigenvalue weighted by atomic mass is 16.5. The fourth-order valence-corrected chi connectivity index (χ4v) is 3.86. The maximum atomic E-state index is 9.72. The Kier molecular flexibility index (Phi) is 9.09. The van der Waals surface area contributed by atoms with E-state index in [0.717, 1.165) is 18.7 Å². The third kappa shape index (κ3) is 6.56. The number of benzene rings is 3. The van der Waals surface area contributed by atoms with Gasteiger partial charge in [-0.2, -0.15) is 0 Å². The van der Waals surface area contributed by atoms with Crippen molar-refractivity contribution in [3.63, 3.8) is 0 Å². The molecule has 0 spiro atoms. The molecule has 3 aromatic carbocycles. The Morgan fingerprint density at radius 2 is 1.44 bits per heavy atom. The average Bonchev–Trinajstić information content (AvgIpc) is 2.84. The molecule has 0 aromatic heterocycles. The second-order valence-electron chi connectivity index (χ2n) is 8.02. The number of rotatable bonds is 11. The van der Waals surface area contributed by atoms with Crippen LogP contribution in [0.2, 0.25) is 0 Å². The number of aliphatic hydroxyl groups excluding tert-OH is 1.